The molecular weight excluding hydrogens is 529 g/mol. The standard InChI is InChI=1S/C27H32FN3O5S2/c1-5-7-14-37(34)30-18(3)23-16-26(32)31(4)17-25(23)24-15-21(38(35,36)29-6-2)12-13-22(24)27(33)19-8-10-20(28)11-9-19/h8-13,15-18,29-30H,5-7,14H2,1-4H3/t18-,37-/m0/s1. The zero-order chi connectivity index (χ0) is 28.0. The summed E-state index contributed by atoms with van der Waals surface area (Å²) in [7, 11) is -2.33. The smallest absolute Gasteiger partial charge is 0.250 e. The molecule has 0 unspecified atom stereocenters. The molecule has 0 aliphatic heterocycles. The number of carbonyl (C=O) groups is 1. The van der Waals surface area contributed by atoms with Crippen molar-refractivity contribution in [1.82, 2.24) is 14.0 Å². The van der Waals surface area contributed by atoms with Crippen molar-refractivity contribution in [2.75, 3.05) is 12.3 Å². The van der Waals surface area contributed by atoms with E-state index in [1.165, 1.54) is 59.3 Å². The fourth-order valence-electron chi connectivity index (χ4n) is 3.96. The maximum Gasteiger partial charge on any atom is 0.250 e. The van der Waals surface area contributed by atoms with Gasteiger partial charge >= 0.3 is 0 Å². The molecule has 0 amide bonds. The first-order chi connectivity index (χ1) is 18.0. The highest BCUT2D eigenvalue weighted by Crippen LogP contribution is 2.33. The van der Waals surface area contributed by atoms with Crippen molar-refractivity contribution in [2.45, 2.75) is 44.6 Å². The largest absolute Gasteiger partial charge is 0.598 e. The monoisotopic (exact) mass is 561 g/mol. The lowest BCUT2D eigenvalue weighted by Crippen LogP contribution is -2.31. The summed E-state index contributed by atoms with van der Waals surface area (Å²) in [5.74, 6) is -0.504. The Morgan fingerprint density at radius 3 is 2.42 bits per heavy atom. The Morgan fingerprint density at radius 2 is 1.79 bits per heavy atom. The minimum atomic E-state index is -3.88. The van der Waals surface area contributed by atoms with Crippen LogP contribution in [0.3, 0.4) is 0 Å². The van der Waals surface area contributed by atoms with Gasteiger partial charge in [0.05, 0.1) is 10.9 Å². The molecule has 3 rings (SSSR count). The maximum absolute atomic E-state index is 13.5. The van der Waals surface area contributed by atoms with E-state index in [2.05, 4.69) is 9.44 Å². The van der Waals surface area contributed by atoms with E-state index < -0.39 is 39.0 Å². The molecule has 2 N–H and O–H groups in total. The number of aryl methyl sites for hydroxylation is 1. The summed E-state index contributed by atoms with van der Waals surface area (Å²) in [5, 5.41) is 0. The summed E-state index contributed by atoms with van der Waals surface area (Å²) in [4.78, 5) is 26.1. The summed E-state index contributed by atoms with van der Waals surface area (Å²) < 4.78 is 58.6. The zero-order valence-corrected chi connectivity index (χ0v) is 23.4. The third-order valence-corrected chi connectivity index (χ3v) is 8.81. The topological polar surface area (TPSA) is 120 Å². The third kappa shape index (κ3) is 6.97. The number of hydrogen-bond donors (Lipinski definition) is 2. The molecule has 3 aromatic rings. The molecule has 0 aliphatic rings. The van der Waals surface area contributed by atoms with E-state index in [-0.39, 0.29) is 33.7 Å². The molecule has 0 spiro atoms. The number of pyridine rings is 1. The van der Waals surface area contributed by atoms with E-state index in [0.29, 0.717) is 16.9 Å². The molecule has 8 nitrogen and oxygen atoms in total. The van der Waals surface area contributed by atoms with Crippen molar-refractivity contribution >= 4 is 27.2 Å². The Kier molecular flexibility index (Phi) is 10.0. The summed E-state index contributed by atoms with van der Waals surface area (Å²) in [6.45, 7) is 5.57. The Balaban J connectivity index is 2.25. The lowest BCUT2D eigenvalue weighted by atomic mass is 9.90. The van der Waals surface area contributed by atoms with Gasteiger partial charge in [0.1, 0.15) is 11.6 Å². The second-order valence-corrected chi connectivity index (χ2v) is 12.0. The van der Waals surface area contributed by atoms with Crippen LogP contribution in [-0.4, -0.2) is 35.6 Å². The minimum Gasteiger partial charge on any atom is -0.598 e. The highest BCUT2D eigenvalue weighted by atomic mass is 32.2. The van der Waals surface area contributed by atoms with Crippen LogP contribution < -0.4 is 15.0 Å². The number of hydrogen-bond acceptors (Lipinski definition) is 6. The van der Waals surface area contributed by atoms with Gasteiger partial charge in [-0.15, -0.1) is 4.72 Å². The van der Waals surface area contributed by atoms with Gasteiger partial charge in [-0.25, -0.2) is 17.5 Å². The van der Waals surface area contributed by atoms with Crippen molar-refractivity contribution in [3.05, 3.63) is 87.6 Å². The van der Waals surface area contributed by atoms with Crippen LogP contribution in [0, 0.1) is 5.82 Å². The fraction of sp³-hybridized carbons (Fsp3) is 0.333. The second kappa shape index (κ2) is 12.8. The highest BCUT2D eigenvalue weighted by molar-refractivity contribution is 7.89. The van der Waals surface area contributed by atoms with Crippen LogP contribution in [0.1, 0.15) is 61.1 Å². The van der Waals surface area contributed by atoms with Crippen molar-refractivity contribution < 1.29 is 22.2 Å². The fourth-order valence-corrected chi connectivity index (χ4v) is 6.22. The number of nitrogens with one attached hydrogen (secondary N) is 2. The summed E-state index contributed by atoms with van der Waals surface area (Å²) in [6, 6.07) is 10.0. The number of carbonyl (C=O) groups excluding carboxylic acids is 1. The number of halogens is 1. The molecule has 11 heteroatoms. The summed E-state index contributed by atoms with van der Waals surface area (Å²) in [5.41, 5.74) is 1.23. The van der Waals surface area contributed by atoms with Gasteiger partial charge in [0.15, 0.2) is 5.78 Å². The van der Waals surface area contributed by atoms with E-state index >= 15 is 0 Å². The van der Waals surface area contributed by atoms with Gasteiger partial charge in [0.25, 0.3) is 5.56 Å². The van der Waals surface area contributed by atoms with Crippen molar-refractivity contribution in [1.29, 1.82) is 0 Å². The van der Waals surface area contributed by atoms with E-state index in [1.807, 2.05) is 6.92 Å². The van der Waals surface area contributed by atoms with Crippen LogP contribution in [0.15, 0.2) is 64.4 Å². The van der Waals surface area contributed by atoms with Crippen LogP contribution in [0.25, 0.3) is 11.1 Å². The van der Waals surface area contributed by atoms with E-state index in [1.54, 1.807) is 20.9 Å². The second-order valence-electron chi connectivity index (χ2n) is 8.88. The number of rotatable bonds is 12. The van der Waals surface area contributed by atoms with Crippen molar-refractivity contribution in [3.63, 3.8) is 0 Å². The predicted octanol–water partition coefficient (Wildman–Crippen LogP) is 3.84. The van der Waals surface area contributed by atoms with Crippen LogP contribution in [0.5, 0.6) is 0 Å². The Morgan fingerprint density at radius 1 is 1.11 bits per heavy atom. The lowest BCUT2D eigenvalue weighted by Gasteiger charge is -2.21. The van der Waals surface area contributed by atoms with Crippen molar-refractivity contribution in [2.24, 2.45) is 7.05 Å². The Hall–Kier alpha value is -2.83. The maximum atomic E-state index is 13.5. The van der Waals surface area contributed by atoms with Gasteiger partial charge in [0, 0.05) is 53.9 Å². The number of ketones is 1. The highest BCUT2D eigenvalue weighted by Gasteiger charge is 2.25. The first-order valence-electron chi connectivity index (χ1n) is 12.3. The van der Waals surface area contributed by atoms with Gasteiger partial charge in [-0.05, 0) is 66.9 Å². The van der Waals surface area contributed by atoms with Gasteiger partial charge in [-0.1, -0.05) is 20.3 Å². The van der Waals surface area contributed by atoms with E-state index in [9.17, 15) is 27.0 Å². The normalized spacial score (nSPS) is 13.3. The van der Waals surface area contributed by atoms with Gasteiger partial charge in [-0.2, -0.15) is 0 Å². The molecule has 204 valence electrons. The molecule has 2 atom stereocenters. The number of unbranched alkanes of at least 4 members (excludes halogenated alkanes) is 1. The molecule has 0 saturated heterocycles. The number of benzene rings is 2. The Bertz CT molecular complexity index is 1460. The molecule has 0 radical (unpaired) electrons. The molecule has 0 saturated carbocycles. The first kappa shape index (κ1) is 29.7. The van der Waals surface area contributed by atoms with E-state index in [0.717, 1.165) is 12.8 Å². The molecule has 1 heterocycles. The average molecular weight is 562 g/mol. The number of sulfonamides is 1. The average Bonchev–Trinajstić information content (AvgIpc) is 2.88. The van der Waals surface area contributed by atoms with Gasteiger partial charge in [-0.3, -0.25) is 9.59 Å². The minimum absolute atomic E-state index is 0.0584. The zero-order valence-electron chi connectivity index (χ0n) is 21.8. The molecule has 1 aromatic heterocycles. The van der Waals surface area contributed by atoms with Gasteiger partial charge in [0.2, 0.25) is 10.0 Å². The van der Waals surface area contributed by atoms with Crippen LogP contribution in [-0.2, 0) is 28.4 Å². The number of aromatic nitrogens is 1. The SMILES string of the molecule is CCCC[S@+]([O-])N[C@@H](C)c1cc(=O)n(C)cc1-c1cc(S(=O)(=O)NCC)ccc1C(=O)c1ccc(F)cc1. The van der Waals surface area contributed by atoms with E-state index in [4.69, 9.17) is 0 Å². The first-order valence-corrected chi connectivity index (χ1v) is 15.1. The van der Waals surface area contributed by atoms with Gasteiger partial charge < -0.3 is 9.12 Å². The summed E-state index contributed by atoms with van der Waals surface area (Å²) >= 11 is -1.36. The van der Waals surface area contributed by atoms with Crippen LogP contribution in [0.2, 0.25) is 0 Å². The molecule has 0 aliphatic carbocycles. The molecular formula is C27H32FN3O5S2. The quantitative estimate of drug-likeness (QED) is 0.256. The third-order valence-electron chi connectivity index (χ3n) is 6.00. The molecule has 0 fully saturated rings. The van der Waals surface area contributed by atoms with Crippen molar-refractivity contribution in [3.8, 4) is 11.1 Å². The summed E-state index contributed by atoms with van der Waals surface area (Å²) in [6.07, 6.45) is 3.17. The Labute approximate surface area is 225 Å². The molecule has 0 bridgehead atoms. The molecule has 2 aromatic carbocycles. The number of nitrogens with zero attached hydrogens (tertiary/aromatic N) is 1. The van der Waals surface area contributed by atoms with Crippen LogP contribution in [0.4, 0.5) is 4.39 Å². The lowest BCUT2D eigenvalue weighted by molar-refractivity contribution is 0.103. The molecule has 38 heavy (non-hydrogen) atoms. The van der Waals surface area contributed by atoms with Crippen LogP contribution >= 0.6 is 0 Å². The predicted molar refractivity (Wildman–Crippen MR) is 147 cm³/mol.